The van der Waals surface area contributed by atoms with Crippen LogP contribution < -0.4 is 11.3 Å². The van der Waals surface area contributed by atoms with E-state index in [1.165, 1.54) is 57.5 Å². The van der Waals surface area contributed by atoms with Crippen molar-refractivity contribution in [1.29, 1.82) is 5.41 Å². The van der Waals surface area contributed by atoms with Gasteiger partial charge in [0.1, 0.15) is 53.1 Å². The van der Waals surface area contributed by atoms with Gasteiger partial charge in [0.25, 0.3) is 5.56 Å². The molecule has 10 heterocycles. The van der Waals surface area contributed by atoms with E-state index >= 15 is 0 Å². The molecule has 0 atom stereocenters. The monoisotopic (exact) mass is 958 g/mol. The van der Waals surface area contributed by atoms with E-state index in [-0.39, 0.29) is 55.0 Å². The molecular formula is C44H34F4N16O6. The van der Waals surface area contributed by atoms with Crippen molar-refractivity contribution in [2.24, 2.45) is 5.73 Å². The molecular weight excluding hydrogens is 925 g/mol. The van der Waals surface area contributed by atoms with Crippen LogP contribution in [0.15, 0.2) is 135 Å². The predicted molar refractivity (Wildman–Crippen MR) is 234 cm³/mol. The fourth-order valence-corrected chi connectivity index (χ4v) is 6.42. The van der Waals surface area contributed by atoms with Crippen LogP contribution in [0.25, 0.3) is 45.7 Å². The number of esters is 1. The Kier molecular flexibility index (Phi) is 14.2. The number of aromatic nitrogens is 14. The van der Waals surface area contributed by atoms with Gasteiger partial charge in [-0.25, -0.2) is 24.7 Å². The number of nitrogen functional groups attached to an aromatic ring is 1. The largest absolute Gasteiger partial charge is 0.461 e. The lowest BCUT2D eigenvalue weighted by Crippen LogP contribution is -2.13. The van der Waals surface area contributed by atoms with Crippen molar-refractivity contribution in [1.82, 2.24) is 69.7 Å². The topological polar surface area (TPSA) is 292 Å². The Morgan fingerprint density at radius 1 is 0.643 bits per heavy atom. The second-order valence-electron chi connectivity index (χ2n) is 14.3. The number of hydrogen-bond donors (Lipinski definition) is 3. The summed E-state index contributed by atoms with van der Waals surface area (Å²) >= 11 is 0. The number of carbonyl (C=O) groups is 1. The van der Waals surface area contributed by atoms with Gasteiger partial charge in [0.05, 0.1) is 49.5 Å². The Morgan fingerprint density at radius 3 is 1.50 bits per heavy atom. The Balaban J connectivity index is 0.000000142. The molecule has 0 aliphatic rings. The first-order chi connectivity index (χ1) is 33.9. The first-order valence-corrected chi connectivity index (χ1v) is 20.5. The van der Waals surface area contributed by atoms with E-state index < -0.39 is 35.2 Å². The van der Waals surface area contributed by atoms with Crippen LogP contribution >= 0.6 is 0 Å². The number of nitrogens with one attached hydrogen (secondary N) is 2. The second-order valence-corrected chi connectivity index (χ2v) is 14.3. The van der Waals surface area contributed by atoms with Crippen molar-refractivity contribution in [3.8, 4) is 45.7 Å². The fourth-order valence-electron chi connectivity index (χ4n) is 6.42. The van der Waals surface area contributed by atoms with Crippen LogP contribution in [0.2, 0.25) is 0 Å². The maximum Gasteiger partial charge on any atom is 0.358 e. The van der Waals surface area contributed by atoms with E-state index in [1.807, 2.05) is 0 Å². The smallest absolute Gasteiger partial charge is 0.358 e. The van der Waals surface area contributed by atoms with Crippen molar-refractivity contribution in [3.63, 3.8) is 0 Å². The number of hydrogen-bond acceptors (Lipinski definition) is 17. The van der Waals surface area contributed by atoms with Crippen molar-refractivity contribution in [2.75, 3.05) is 6.61 Å². The van der Waals surface area contributed by atoms with E-state index in [2.05, 4.69) is 55.7 Å². The minimum Gasteiger partial charge on any atom is -0.461 e. The molecule has 0 unspecified atom stereocenters. The SMILES string of the molecule is CCOC(=O)c1cc(-c2ccon2)n(Cc2cccnc2F)n1.N=C(N)c1cc(-c2ccon2)n(Cc2cccnc2F)n1.O=c1[nH]c(-c2cc(-c3ccon3)n(Cc3cccnc3F)n2)ncc1F. The number of aromatic amines is 1. The molecule has 10 rings (SSSR count). The zero-order valence-corrected chi connectivity index (χ0v) is 36.2. The van der Waals surface area contributed by atoms with E-state index in [0.717, 1.165) is 6.20 Å². The minimum atomic E-state index is -0.998. The fraction of sp³-hybridized carbons (Fsp3) is 0.114. The van der Waals surface area contributed by atoms with Crippen molar-refractivity contribution in [2.45, 2.75) is 26.6 Å². The Bertz CT molecular complexity index is 3420. The second kappa shape index (κ2) is 21.3. The predicted octanol–water partition coefficient (Wildman–Crippen LogP) is 5.71. The molecule has 0 fully saturated rings. The lowest BCUT2D eigenvalue weighted by atomic mass is 10.2. The third-order valence-electron chi connectivity index (χ3n) is 9.67. The number of ether oxygens (including phenoxy) is 1. The number of pyridine rings is 3. The lowest BCUT2D eigenvalue weighted by molar-refractivity contribution is 0.0518. The number of amidine groups is 1. The first kappa shape index (κ1) is 46.8. The Hall–Kier alpha value is -9.75. The molecule has 22 nitrogen and oxygen atoms in total. The highest BCUT2D eigenvalue weighted by molar-refractivity contribution is 5.94. The van der Waals surface area contributed by atoms with Gasteiger partial charge in [-0.2, -0.15) is 32.9 Å². The van der Waals surface area contributed by atoms with Gasteiger partial charge in [-0.1, -0.05) is 33.7 Å². The molecule has 0 aliphatic carbocycles. The van der Waals surface area contributed by atoms with E-state index in [4.69, 9.17) is 29.4 Å². The molecule has 0 aliphatic heterocycles. The summed E-state index contributed by atoms with van der Waals surface area (Å²) in [4.78, 5) is 40.3. The summed E-state index contributed by atoms with van der Waals surface area (Å²) in [6.45, 7) is 2.25. The molecule has 0 bridgehead atoms. The summed E-state index contributed by atoms with van der Waals surface area (Å²) < 4.78 is 78.3. The minimum absolute atomic E-state index is 0.0628. The van der Waals surface area contributed by atoms with Crippen LogP contribution in [-0.4, -0.2) is 88.1 Å². The van der Waals surface area contributed by atoms with Gasteiger partial charge in [0.2, 0.25) is 23.7 Å². The molecule has 26 heteroatoms. The van der Waals surface area contributed by atoms with Gasteiger partial charge in [-0.15, -0.1) is 0 Å². The van der Waals surface area contributed by atoms with Crippen LogP contribution in [0.1, 0.15) is 39.8 Å². The number of nitrogens with two attached hydrogens (primary N) is 1. The summed E-state index contributed by atoms with van der Waals surface area (Å²) in [5.74, 6) is -3.43. The molecule has 0 radical (unpaired) electrons. The number of nitrogens with zero attached hydrogens (tertiary/aromatic N) is 13. The highest BCUT2D eigenvalue weighted by atomic mass is 19.1. The maximum absolute atomic E-state index is 13.9. The molecule has 0 saturated heterocycles. The average molecular weight is 959 g/mol. The summed E-state index contributed by atoms with van der Waals surface area (Å²) in [6.07, 6.45) is 9.11. The molecule has 0 aromatic carbocycles. The zero-order valence-electron chi connectivity index (χ0n) is 36.2. The zero-order chi connectivity index (χ0) is 49.1. The van der Waals surface area contributed by atoms with E-state index in [0.29, 0.717) is 50.9 Å². The van der Waals surface area contributed by atoms with Gasteiger partial charge in [-0.3, -0.25) is 24.2 Å². The quantitative estimate of drug-likeness (QED) is 0.0410. The summed E-state index contributed by atoms with van der Waals surface area (Å²) in [6, 6.07) is 19.3. The van der Waals surface area contributed by atoms with Crippen LogP contribution in [0.4, 0.5) is 17.6 Å². The molecule has 10 aromatic heterocycles. The molecule has 0 amide bonds. The molecule has 0 saturated carbocycles. The number of rotatable bonds is 13. The van der Waals surface area contributed by atoms with Gasteiger partial charge >= 0.3 is 5.97 Å². The van der Waals surface area contributed by atoms with Gasteiger partial charge in [0, 0.05) is 59.5 Å². The Labute approximate surface area is 389 Å². The third kappa shape index (κ3) is 10.9. The first-order valence-electron chi connectivity index (χ1n) is 20.5. The van der Waals surface area contributed by atoms with Crippen LogP contribution in [0, 0.1) is 29.1 Å². The Morgan fingerprint density at radius 2 is 1.09 bits per heavy atom. The van der Waals surface area contributed by atoms with E-state index in [9.17, 15) is 27.2 Å². The van der Waals surface area contributed by atoms with Gasteiger partial charge in [-0.05, 0) is 37.3 Å². The van der Waals surface area contributed by atoms with Crippen molar-refractivity contribution >= 4 is 11.8 Å². The average Bonchev–Trinajstić information content (AvgIpc) is 4.22. The molecule has 70 heavy (non-hydrogen) atoms. The highest BCUT2D eigenvalue weighted by Crippen LogP contribution is 2.25. The number of halogens is 4. The van der Waals surface area contributed by atoms with Gasteiger partial charge < -0.3 is 29.0 Å². The van der Waals surface area contributed by atoms with Crippen LogP contribution in [0.3, 0.4) is 0 Å². The highest BCUT2D eigenvalue weighted by Gasteiger charge is 2.21. The van der Waals surface area contributed by atoms with E-state index in [1.54, 1.807) is 73.7 Å². The van der Waals surface area contributed by atoms with Crippen molar-refractivity contribution in [3.05, 3.63) is 178 Å². The van der Waals surface area contributed by atoms with Crippen LogP contribution in [0.5, 0.6) is 0 Å². The third-order valence-corrected chi connectivity index (χ3v) is 9.67. The summed E-state index contributed by atoms with van der Waals surface area (Å²) in [5, 5.41) is 31.7. The standard InChI is InChI=1S/C16H10F2N6O2.C15H13FN4O3.C13H11FN6O/c17-10-7-20-15(21-16(10)25)12-6-13(11-3-5-26-23-11)24(22-12)8-9-2-1-4-19-14(9)18;1-2-22-15(21)12-8-13(11-5-7-23-19-11)20(18-12)9-10-4-3-6-17-14(10)16;14-12-8(2-1-4-17-12)7-20-11(9-3-5-21-19-9)6-10(18-20)13(15)16/h1-7H,8H2,(H,20,21,25);3-8H,2,9H2,1H3;1-6H,7H2,(H3,15,16). The lowest BCUT2D eigenvalue weighted by Gasteiger charge is -2.06. The maximum atomic E-state index is 13.9. The number of H-pyrrole nitrogens is 1. The number of carbonyl (C=O) groups excluding carboxylic acids is 1. The van der Waals surface area contributed by atoms with Gasteiger partial charge in [0.15, 0.2) is 11.5 Å². The molecule has 4 N–H and O–H groups in total. The normalized spacial score (nSPS) is 10.8. The molecule has 0 spiro atoms. The summed E-state index contributed by atoms with van der Waals surface area (Å²) in [5.41, 5.74) is 9.32. The van der Waals surface area contributed by atoms with Crippen LogP contribution in [-0.2, 0) is 24.4 Å². The summed E-state index contributed by atoms with van der Waals surface area (Å²) in [7, 11) is 0. The van der Waals surface area contributed by atoms with Crippen molar-refractivity contribution < 1.29 is 40.7 Å². The molecule has 10 aromatic rings. The molecule has 354 valence electrons.